The molecule has 3 heterocycles. The van der Waals surface area contributed by atoms with Gasteiger partial charge in [0, 0.05) is 37.1 Å². The Morgan fingerprint density at radius 2 is 2.13 bits per heavy atom. The van der Waals surface area contributed by atoms with Crippen molar-refractivity contribution in [2.45, 2.75) is 57.8 Å². The van der Waals surface area contributed by atoms with E-state index in [1.165, 1.54) is 12.0 Å². The minimum absolute atomic E-state index is 0.242. The summed E-state index contributed by atoms with van der Waals surface area (Å²) >= 11 is 0. The van der Waals surface area contributed by atoms with Gasteiger partial charge in [0.05, 0.1) is 24.5 Å². The van der Waals surface area contributed by atoms with Crippen LogP contribution in [0.15, 0.2) is 0 Å². The summed E-state index contributed by atoms with van der Waals surface area (Å²) < 4.78 is 11.2. The first kappa shape index (κ1) is 16.9. The summed E-state index contributed by atoms with van der Waals surface area (Å²) in [6.07, 6.45) is 3.98. The fourth-order valence-corrected chi connectivity index (χ4v) is 3.84. The number of nitrogens with one attached hydrogen (secondary N) is 1. The zero-order chi connectivity index (χ0) is 16.2. The molecule has 1 aromatic heterocycles. The number of hydrogen-bond donors (Lipinski definition) is 2. The number of rotatable bonds is 6. The Morgan fingerprint density at radius 3 is 2.83 bits per heavy atom. The molecule has 1 aromatic rings. The van der Waals surface area contributed by atoms with Crippen LogP contribution in [-0.4, -0.2) is 65.3 Å². The van der Waals surface area contributed by atoms with Gasteiger partial charge >= 0.3 is 0 Å². The molecule has 23 heavy (non-hydrogen) atoms. The highest BCUT2D eigenvalue weighted by Gasteiger charge is 2.31. The van der Waals surface area contributed by atoms with E-state index in [1.54, 1.807) is 0 Å². The van der Waals surface area contributed by atoms with Gasteiger partial charge in [-0.15, -0.1) is 0 Å². The summed E-state index contributed by atoms with van der Waals surface area (Å²) in [6, 6.07) is 0.367. The average Bonchev–Trinajstić information content (AvgIpc) is 3.12. The lowest BCUT2D eigenvalue weighted by molar-refractivity contribution is -0.0647. The van der Waals surface area contributed by atoms with Gasteiger partial charge in [-0.1, -0.05) is 0 Å². The van der Waals surface area contributed by atoms with Gasteiger partial charge in [0.15, 0.2) is 0 Å². The van der Waals surface area contributed by atoms with Crippen molar-refractivity contribution in [2.75, 3.05) is 32.9 Å². The summed E-state index contributed by atoms with van der Waals surface area (Å²) in [5.41, 5.74) is 3.53. The summed E-state index contributed by atoms with van der Waals surface area (Å²) in [4.78, 5) is 2.38. The number of ether oxygens (including phenoxy) is 2. The minimum atomic E-state index is -0.439. The normalized spacial score (nSPS) is 25.1. The van der Waals surface area contributed by atoms with Gasteiger partial charge in [-0.3, -0.25) is 10.00 Å². The monoisotopic (exact) mass is 323 g/mol. The number of hydrogen-bond acceptors (Lipinski definition) is 5. The standard InChI is InChI=1S/C17H29N3O3/c1-12-17(13(2)19-18-12)16-4-3-7-20(16)10-14(21)11-23-15-5-8-22-9-6-15/h14-16,21H,3-11H2,1-2H3,(H,18,19). The van der Waals surface area contributed by atoms with Crippen molar-refractivity contribution in [1.29, 1.82) is 0 Å². The molecule has 3 rings (SSSR count). The molecular formula is C17H29N3O3. The van der Waals surface area contributed by atoms with Crippen LogP contribution in [0, 0.1) is 13.8 Å². The number of aromatic nitrogens is 2. The van der Waals surface area contributed by atoms with Gasteiger partial charge in [-0.05, 0) is 46.1 Å². The largest absolute Gasteiger partial charge is 0.389 e. The predicted octanol–water partition coefficient (Wildman–Crippen LogP) is 1.72. The fourth-order valence-electron chi connectivity index (χ4n) is 3.84. The van der Waals surface area contributed by atoms with Crippen LogP contribution in [0.3, 0.4) is 0 Å². The molecule has 0 amide bonds. The number of aryl methyl sites for hydroxylation is 2. The highest BCUT2D eigenvalue weighted by Crippen LogP contribution is 2.34. The summed E-state index contributed by atoms with van der Waals surface area (Å²) in [5, 5.41) is 17.8. The van der Waals surface area contributed by atoms with Crippen molar-refractivity contribution in [3.8, 4) is 0 Å². The smallest absolute Gasteiger partial charge is 0.0900 e. The lowest BCUT2D eigenvalue weighted by atomic mass is 10.0. The average molecular weight is 323 g/mol. The molecule has 2 unspecified atom stereocenters. The van der Waals surface area contributed by atoms with Crippen LogP contribution in [0.1, 0.15) is 48.7 Å². The van der Waals surface area contributed by atoms with E-state index in [4.69, 9.17) is 9.47 Å². The van der Waals surface area contributed by atoms with Crippen molar-refractivity contribution in [3.63, 3.8) is 0 Å². The van der Waals surface area contributed by atoms with E-state index in [0.717, 1.165) is 50.4 Å². The lowest BCUT2D eigenvalue weighted by Gasteiger charge is -2.28. The van der Waals surface area contributed by atoms with Crippen LogP contribution in [0.5, 0.6) is 0 Å². The maximum Gasteiger partial charge on any atom is 0.0900 e. The number of aliphatic hydroxyl groups is 1. The quantitative estimate of drug-likeness (QED) is 0.834. The topological polar surface area (TPSA) is 70.6 Å². The molecule has 2 fully saturated rings. The van der Waals surface area contributed by atoms with Crippen molar-refractivity contribution in [1.82, 2.24) is 15.1 Å². The van der Waals surface area contributed by atoms with E-state index in [2.05, 4.69) is 28.9 Å². The molecular weight excluding hydrogens is 294 g/mol. The predicted molar refractivity (Wildman–Crippen MR) is 87.4 cm³/mol. The second-order valence-electron chi connectivity index (χ2n) is 6.80. The third kappa shape index (κ3) is 4.12. The van der Waals surface area contributed by atoms with Crippen molar-refractivity contribution < 1.29 is 14.6 Å². The minimum Gasteiger partial charge on any atom is -0.389 e. The first-order valence-corrected chi connectivity index (χ1v) is 8.78. The zero-order valence-corrected chi connectivity index (χ0v) is 14.3. The number of nitrogens with zero attached hydrogens (tertiary/aromatic N) is 2. The molecule has 0 aromatic carbocycles. The van der Waals surface area contributed by atoms with Gasteiger partial charge in [0.1, 0.15) is 0 Å². The summed E-state index contributed by atoms with van der Waals surface area (Å²) in [7, 11) is 0. The molecule has 0 radical (unpaired) electrons. The lowest BCUT2D eigenvalue weighted by Crippen LogP contribution is -2.36. The Morgan fingerprint density at radius 1 is 1.35 bits per heavy atom. The number of likely N-dealkylation sites (tertiary alicyclic amines) is 1. The van der Waals surface area contributed by atoms with Crippen molar-refractivity contribution in [3.05, 3.63) is 17.0 Å². The summed E-state index contributed by atoms with van der Waals surface area (Å²) in [6.45, 7) is 7.79. The number of H-pyrrole nitrogens is 1. The molecule has 0 saturated carbocycles. The molecule has 6 nitrogen and oxygen atoms in total. The second-order valence-corrected chi connectivity index (χ2v) is 6.80. The molecule has 2 atom stereocenters. The molecule has 2 N–H and O–H groups in total. The van der Waals surface area contributed by atoms with Gasteiger partial charge in [-0.25, -0.2) is 0 Å². The molecule has 0 spiro atoms. The molecule has 2 aliphatic rings. The first-order valence-electron chi connectivity index (χ1n) is 8.78. The van der Waals surface area contributed by atoms with Crippen LogP contribution in [0.4, 0.5) is 0 Å². The maximum absolute atomic E-state index is 10.4. The molecule has 6 heteroatoms. The number of aromatic amines is 1. The Bertz CT molecular complexity index is 480. The highest BCUT2D eigenvalue weighted by molar-refractivity contribution is 5.28. The number of aliphatic hydroxyl groups excluding tert-OH is 1. The van der Waals surface area contributed by atoms with Crippen LogP contribution in [0.25, 0.3) is 0 Å². The van der Waals surface area contributed by atoms with E-state index in [9.17, 15) is 5.11 Å². The Kier molecular flexibility index (Phi) is 5.69. The third-order valence-electron chi connectivity index (χ3n) is 5.02. The molecule has 2 aliphatic heterocycles. The van der Waals surface area contributed by atoms with Crippen LogP contribution < -0.4 is 0 Å². The van der Waals surface area contributed by atoms with E-state index >= 15 is 0 Å². The van der Waals surface area contributed by atoms with Crippen LogP contribution in [0.2, 0.25) is 0 Å². The van der Waals surface area contributed by atoms with E-state index in [0.29, 0.717) is 19.2 Å². The van der Waals surface area contributed by atoms with Gasteiger partial charge in [-0.2, -0.15) is 5.10 Å². The molecule has 130 valence electrons. The molecule has 2 saturated heterocycles. The summed E-state index contributed by atoms with van der Waals surface area (Å²) in [5.74, 6) is 0. The third-order valence-corrected chi connectivity index (χ3v) is 5.02. The van der Waals surface area contributed by atoms with Crippen LogP contribution >= 0.6 is 0 Å². The fraction of sp³-hybridized carbons (Fsp3) is 0.824. The van der Waals surface area contributed by atoms with Gasteiger partial charge < -0.3 is 14.6 Å². The van der Waals surface area contributed by atoms with Crippen molar-refractivity contribution in [2.24, 2.45) is 0 Å². The van der Waals surface area contributed by atoms with Crippen LogP contribution in [-0.2, 0) is 9.47 Å². The van der Waals surface area contributed by atoms with Crippen molar-refractivity contribution >= 4 is 0 Å². The Hall–Kier alpha value is -0.950. The van der Waals surface area contributed by atoms with Gasteiger partial charge in [0.25, 0.3) is 0 Å². The first-order chi connectivity index (χ1) is 11.1. The van der Waals surface area contributed by atoms with E-state index < -0.39 is 6.10 Å². The zero-order valence-electron chi connectivity index (χ0n) is 14.3. The van der Waals surface area contributed by atoms with E-state index in [-0.39, 0.29) is 6.10 Å². The second kappa shape index (κ2) is 7.75. The Labute approximate surface area is 138 Å². The maximum atomic E-state index is 10.4. The number of β-amino-alcohol motifs (C(OH)–C–C–N with tert-alkyl or cyclic N) is 1. The van der Waals surface area contributed by atoms with Gasteiger partial charge in [0.2, 0.25) is 0 Å². The van der Waals surface area contributed by atoms with E-state index in [1.807, 2.05) is 0 Å². The molecule has 0 bridgehead atoms. The highest BCUT2D eigenvalue weighted by atomic mass is 16.5. The Balaban J connectivity index is 1.52. The SMILES string of the molecule is Cc1n[nH]c(C)c1C1CCCN1CC(O)COC1CCOCC1. The molecule has 0 aliphatic carbocycles.